The first-order chi connectivity index (χ1) is 8.95. The lowest BCUT2D eigenvalue weighted by molar-refractivity contribution is 1.30. The molecule has 0 saturated heterocycles. The Morgan fingerprint density at radius 3 is 2.22 bits per heavy atom. The molecule has 0 aliphatic rings. The van der Waals surface area contributed by atoms with Crippen LogP contribution in [-0.4, -0.2) is 9.97 Å². The molecule has 0 saturated carbocycles. The highest BCUT2D eigenvalue weighted by Gasteiger charge is 1.81. The SMILES string of the molecule is C(=C\C=C\c1ccccn1)/C=C/c1ccncc1. The molecule has 0 bridgehead atoms. The second-order valence-electron chi connectivity index (χ2n) is 3.64. The van der Waals surface area contributed by atoms with Crippen molar-refractivity contribution in [3.8, 4) is 0 Å². The van der Waals surface area contributed by atoms with Crippen molar-refractivity contribution in [1.82, 2.24) is 9.97 Å². The fourth-order valence-corrected chi connectivity index (χ4v) is 1.40. The zero-order chi connectivity index (χ0) is 12.5. The Hall–Kier alpha value is -2.48. The largest absolute Gasteiger partial charge is 0.265 e. The molecule has 0 radical (unpaired) electrons. The molecule has 88 valence electrons. The number of allylic oxidation sites excluding steroid dienone is 4. The number of nitrogens with zero attached hydrogens (tertiary/aromatic N) is 2. The van der Waals surface area contributed by atoms with E-state index in [9.17, 15) is 0 Å². The maximum absolute atomic E-state index is 4.20. The van der Waals surface area contributed by atoms with E-state index in [0.717, 1.165) is 11.3 Å². The van der Waals surface area contributed by atoms with Crippen LogP contribution in [0, 0.1) is 0 Å². The fraction of sp³-hybridized carbons (Fsp3) is 0. The molecule has 0 aliphatic carbocycles. The Morgan fingerprint density at radius 1 is 0.722 bits per heavy atom. The molecule has 2 aromatic heterocycles. The van der Waals surface area contributed by atoms with Crippen LogP contribution in [0.1, 0.15) is 11.3 Å². The minimum atomic E-state index is 0.959. The zero-order valence-corrected chi connectivity index (χ0v) is 9.98. The molecule has 0 amide bonds. The van der Waals surface area contributed by atoms with Crippen LogP contribution in [0.15, 0.2) is 73.2 Å². The molecular weight excluding hydrogens is 220 g/mol. The van der Waals surface area contributed by atoms with Gasteiger partial charge >= 0.3 is 0 Å². The van der Waals surface area contributed by atoms with Gasteiger partial charge in [-0.15, -0.1) is 0 Å². The summed E-state index contributed by atoms with van der Waals surface area (Å²) in [7, 11) is 0. The minimum absolute atomic E-state index is 0.959. The summed E-state index contributed by atoms with van der Waals surface area (Å²) in [4.78, 5) is 8.17. The molecule has 0 fully saturated rings. The summed E-state index contributed by atoms with van der Waals surface area (Å²) in [5.74, 6) is 0. The van der Waals surface area contributed by atoms with Gasteiger partial charge in [-0.25, -0.2) is 0 Å². The van der Waals surface area contributed by atoms with E-state index in [1.54, 1.807) is 18.6 Å². The topological polar surface area (TPSA) is 25.8 Å². The summed E-state index contributed by atoms with van der Waals surface area (Å²) < 4.78 is 0. The highest BCUT2D eigenvalue weighted by atomic mass is 14.6. The summed E-state index contributed by atoms with van der Waals surface area (Å²) in [6.45, 7) is 0. The van der Waals surface area contributed by atoms with Crippen molar-refractivity contribution in [2.45, 2.75) is 0 Å². The van der Waals surface area contributed by atoms with Gasteiger partial charge in [-0.3, -0.25) is 9.97 Å². The Morgan fingerprint density at radius 2 is 1.50 bits per heavy atom. The molecule has 0 aromatic carbocycles. The standard InChI is InChI=1S/C16H14N2/c1(3-7-15-10-13-17-14-11-15)2-4-8-16-9-5-6-12-18-16/h1-14H/b2-1+,7-3+,8-4+. The second kappa shape index (κ2) is 6.97. The average Bonchev–Trinajstić information content (AvgIpc) is 2.45. The molecule has 2 heteroatoms. The Labute approximate surface area is 107 Å². The molecular formula is C16H14N2. The lowest BCUT2D eigenvalue weighted by atomic mass is 10.2. The summed E-state index contributed by atoms with van der Waals surface area (Å²) in [5, 5.41) is 0. The van der Waals surface area contributed by atoms with Gasteiger partial charge in [-0.1, -0.05) is 36.4 Å². The summed E-state index contributed by atoms with van der Waals surface area (Å²) in [6, 6.07) is 9.78. The number of pyridine rings is 2. The van der Waals surface area contributed by atoms with Gasteiger partial charge in [0.15, 0.2) is 0 Å². The maximum atomic E-state index is 4.20. The lowest BCUT2D eigenvalue weighted by Gasteiger charge is -1.88. The third-order valence-electron chi connectivity index (χ3n) is 2.28. The molecule has 18 heavy (non-hydrogen) atoms. The Kier molecular flexibility index (Phi) is 4.64. The normalized spacial score (nSPS) is 11.8. The van der Waals surface area contributed by atoms with Gasteiger partial charge in [0.1, 0.15) is 0 Å². The molecule has 2 heterocycles. The van der Waals surface area contributed by atoms with Crippen molar-refractivity contribution >= 4 is 12.2 Å². The molecule has 0 unspecified atom stereocenters. The number of aromatic nitrogens is 2. The van der Waals surface area contributed by atoms with Gasteiger partial charge in [0.25, 0.3) is 0 Å². The van der Waals surface area contributed by atoms with E-state index in [2.05, 4.69) is 9.97 Å². The van der Waals surface area contributed by atoms with E-state index in [1.807, 2.05) is 66.8 Å². The molecule has 0 spiro atoms. The van der Waals surface area contributed by atoms with Crippen molar-refractivity contribution in [3.63, 3.8) is 0 Å². The highest BCUT2D eigenvalue weighted by molar-refractivity contribution is 5.51. The van der Waals surface area contributed by atoms with Gasteiger partial charge in [0.05, 0.1) is 5.69 Å². The van der Waals surface area contributed by atoms with E-state index in [4.69, 9.17) is 0 Å². The maximum Gasteiger partial charge on any atom is 0.0629 e. The third-order valence-corrected chi connectivity index (χ3v) is 2.28. The van der Waals surface area contributed by atoms with E-state index in [-0.39, 0.29) is 0 Å². The summed E-state index contributed by atoms with van der Waals surface area (Å²) in [6.07, 6.45) is 17.3. The van der Waals surface area contributed by atoms with Gasteiger partial charge in [-0.05, 0) is 35.9 Å². The quantitative estimate of drug-likeness (QED) is 0.753. The Balaban J connectivity index is 1.86. The van der Waals surface area contributed by atoms with Crippen molar-refractivity contribution < 1.29 is 0 Å². The lowest BCUT2D eigenvalue weighted by Crippen LogP contribution is -1.74. The predicted octanol–water partition coefficient (Wildman–Crippen LogP) is 3.76. The monoisotopic (exact) mass is 234 g/mol. The molecule has 0 atom stereocenters. The average molecular weight is 234 g/mol. The van der Waals surface area contributed by atoms with Crippen LogP contribution in [0.4, 0.5) is 0 Å². The van der Waals surface area contributed by atoms with Crippen LogP contribution < -0.4 is 0 Å². The van der Waals surface area contributed by atoms with Crippen molar-refractivity contribution in [3.05, 3.63) is 84.5 Å². The van der Waals surface area contributed by atoms with E-state index >= 15 is 0 Å². The van der Waals surface area contributed by atoms with Gasteiger partial charge < -0.3 is 0 Å². The molecule has 0 aliphatic heterocycles. The second-order valence-corrected chi connectivity index (χ2v) is 3.64. The van der Waals surface area contributed by atoms with Crippen LogP contribution in [0.5, 0.6) is 0 Å². The van der Waals surface area contributed by atoms with E-state index in [1.165, 1.54) is 0 Å². The van der Waals surface area contributed by atoms with Crippen LogP contribution in [0.2, 0.25) is 0 Å². The zero-order valence-electron chi connectivity index (χ0n) is 9.98. The van der Waals surface area contributed by atoms with Crippen LogP contribution in [0.3, 0.4) is 0 Å². The summed E-state index contributed by atoms with van der Waals surface area (Å²) in [5.41, 5.74) is 2.10. The Bertz CT molecular complexity index is 488. The third kappa shape index (κ3) is 4.18. The van der Waals surface area contributed by atoms with Crippen LogP contribution >= 0.6 is 0 Å². The number of hydrogen-bond acceptors (Lipinski definition) is 2. The number of rotatable bonds is 4. The highest BCUT2D eigenvalue weighted by Crippen LogP contribution is 1.99. The predicted molar refractivity (Wildman–Crippen MR) is 75.7 cm³/mol. The molecule has 0 N–H and O–H groups in total. The molecule has 2 nitrogen and oxygen atoms in total. The van der Waals surface area contributed by atoms with Crippen molar-refractivity contribution in [1.29, 1.82) is 0 Å². The van der Waals surface area contributed by atoms with E-state index in [0.29, 0.717) is 0 Å². The number of hydrogen-bond donors (Lipinski definition) is 0. The van der Waals surface area contributed by atoms with Gasteiger partial charge in [0, 0.05) is 18.6 Å². The molecule has 2 rings (SSSR count). The summed E-state index contributed by atoms with van der Waals surface area (Å²) >= 11 is 0. The van der Waals surface area contributed by atoms with Gasteiger partial charge in [-0.2, -0.15) is 0 Å². The smallest absolute Gasteiger partial charge is 0.0629 e. The fourth-order valence-electron chi connectivity index (χ4n) is 1.40. The van der Waals surface area contributed by atoms with Gasteiger partial charge in [0.2, 0.25) is 0 Å². The van der Waals surface area contributed by atoms with Crippen molar-refractivity contribution in [2.75, 3.05) is 0 Å². The van der Waals surface area contributed by atoms with Crippen LogP contribution in [-0.2, 0) is 0 Å². The minimum Gasteiger partial charge on any atom is -0.265 e. The van der Waals surface area contributed by atoms with Crippen molar-refractivity contribution in [2.24, 2.45) is 0 Å². The molecule has 2 aromatic rings. The first-order valence-electron chi connectivity index (χ1n) is 5.77. The van der Waals surface area contributed by atoms with Crippen LogP contribution in [0.25, 0.3) is 12.2 Å². The first-order valence-corrected chi connectivity index (χ1v) is 5.77. The first kappa shape index (κ1) is 12.0. The van der Waals surface area contributed by atoms with E-state index < -0.39 is 0 Å².